The molecule has 0 bridgehead atoms. The van der Waals surface area contributed by atoms with E-state index in [-0.39, 0.29) is 16.8 Å². The van der Waals surface area contributed by atoms with E-state index in [1.165, 1.54) is 7.05 Å². The number of anilines is 1. The molecule has 0 saturated carbocycles. The van der Waals surface area contributed by atoms with Gasteiger partial charge in [0.1, 0.15) is 11.1 Å². The lowest BCUT2D eigenvalue weighted by molar-refractivity contribution is 0.0961. The Hall–Kier alpha value is -3.52. The maximum Gasteiger partial charge on any atom is 0.260 e. The first-order chi connectivity index (χ1) is 11.6. The van der Waals surface area contributed by atoms with Gasteiger partial charge >= 0.3 is 0 Å². The molecule has 0 radical (unpaired) electrons. The van der Waals surface area contributed by atoms with E-state index in [1.807, 2.05) is 30.3 Å². The van der Waals surface area contributed by atoms with Crippen LogP contribution in [0, 0.1) is 11.8 Å². The molecular weight excluding hydrogens is 304 g/mol. The highest BCUT2D eigenvalue weighted by molar-refractivity contribution is 6.00. The normalized spacial score (nSPS) is 10.0. The van der Waals surface area contributed by atoms with E-state index < -0.39 is 11.3 Å². The number of hydrogen-bond donors (Lipinski definition) is 2. The third-order valence-corrected chi connectivity index (χ3v) is 3.50. The van der Waals surface area contributed by atoms with Crippen LogP contribution >= 0.6 is 0 Å². The van der Waals surface area contributed by atoms with Gasteiger partial charge in [0.05, 0.1) is 5.39 Å². The summed E-state index contributed by atoms with van der Waals surface area (Å²) in [6, 6.07) is 14.5. The van der Waals surface area contributed by atoms with Crippen molar-refractivity contribution in [3.8, 4) is 11.8 Å². The summed E-state index contributed by atoms with van der Waals surface area (Å²) in [7, 11) is 1.42. The zero-order valence-electron chi connectivity index (χ0n) is 12.9. The first kappa shape index (κ1) is 15.4. The van der Waals surface area contributed by atoms with Gasteiger partial charge < -0.3 is 15.5 Å². The quantitative estimate of drug-likeness (QED) is 0.673. The predicted molar refractivity (Wildman–Crippen MR) is 92.7 cm³/mol. The fourth-order valence-corrected chi connectivity index (χ4v) is 2.30. The van der Waals surface area contributed by atoms with Gasteiger partial charge in [-0.15, -0.1) is 0 Å². The van der Waals surface area contributed by atoms with E-state index in [0.717, 1.165) is 5.56 Å². The Bertz CT molecular complexity index is 1040. The van der Waals surface area contributed by atoms with Crippen molar-refractivity contribution in [2.24, 2.45) is 0 Å². The SMILES string of the molecule is CNC(=O)c1c(N)oc2ccc(C#Cc3ccccc3)cc2c1=O. The van der Waals surface area contributed by atoms with Crippen molar-refractivity contribution in [1.82, 2.24) is 5.32 Å². The molecule has 0 saturated heterocycles. The average Bonchev–Trinajstić information content (AvgIpc) is 2.61. The highest BCUT2D eigenvalue weighted by Gasteiger charge is 2.18. The van der Waals surface area contributed by atoms with Gasteiger partial charge in [-0.05, 0) is 30.3 Å². The second-order valence-corrected chi connectivity index (χ2v) is 5.08. The third-order valence-electron chi connectivity index (χ3n) is 3.50. The van der Waals surface area contributed by atoms with E-state index in [4.69, 9.17) is 10.2 Å². The second-order valence-electron chi connectivity index (χ2n) is 5.08. The van der Waals surface area contributed by atoms with Gasteiger partial charge in [-0.25, -0.2) is 0 Å². The number of hydrogen-bond acceptors (Lipinski definition) is 4. The molecule has 1 aromatic heterocycles. The molecule has 0 fully saturated rings. The Labute approximate surface area is 138 Å². The monoisotopic (exact) mass is 318 g/mol. The van der Waals surface area contributed by atoms with E-state index in [0.29, 0.717) is 11.1 Å². The van der Waals surface area contributed by atoms with Crippen LogP contribution in [0.4, 0.5) is 5.88 Å². The lowest BCUT2D eigenvalue weighted by atomic mass is 10.1. The smallest absolute Gasteiger partial charge is 0.260 e. The summed E-state index contributed by atoms with van der Waals surface area (Å²) in [5, 5.41) is 2.65. The van der Waals surface area contributed by atoms with Crippen LogP contribution in [0.15, 0.2) is 57.7 Å². The Morgan fingerprint density at radius 2 is 1.79 bits per heavy atom. The highest BCUT2D eigenvalue weighted by atomic mass is 16.3. The number of benzene rings is 2. The number of carbonyl (C=O) groups excluding carboxylic acids is 1. The van der Waals surface area contributed by atoms with Gasteiger partial charge in [0.25, 0.3) is 5.91 Å². The average molecular weight is 318 g/mol. The molecule has 0 aliphatic rings. The first-order valence-electron chi connectivity index (χ1n) is 7.25. The third kappa shape index (κ3) is 2.85. The number of nitrogens with one attached hydrogen (secondary N) is 1. The van der Waals surface area contributed by atoms with Crippen molar-refractivity contribution >= 4 is 22.8 Å². The largest absolute Gasteiger partial charge is 0.440 e. The zero-order valence-corrected chi connectivity index (χ0v) is 12.9. The molecule has 1 heterocycles. The van der Waals surface area contributed by atoms with Crippen LogP contribution in [0.5, 0.6) is 0 Å². The Morgan fingerprint density at radius 1 is 1.08 bits per heavy atom. The molecule has 3 N–H and O–H groups in total. The second kappa shape index (κ2) is 6.31. The summed E-state index contributed by atoms with van der Waals surface area (Å²) in [4.78, 5) is 24.3. The van der Waals surface area contributed by atoms with Crippen LogP contribution in [0.25, 0.3) is 11.0 Å². The predicted octanol–water partition coefficient (Wildman–Crippen LogP) is 2.13. The summed E-state index contributed by atoms with van der Waals surface area (Å²) in [5.74, 6) is 5.23. The summed E-state index contributed by atoms with van der Waals surface area (Å²) < 4.78 is 5.38. The molecule has 0 aliphatic heterocycles. The molecule has 118 valence electrons. The van der Waals surface area contributed by atoms with Crippen LogP contribution < -0.4 is 16.5 Å². The number of nitrogen functional groups attached to an aromatic ring is 1. The van der Waals surface area contributed by atoms with Gasteiger partial charge in [0.15, 0.2) is 0 Å². The number of fused-ring (bicyclic) bond motifs is 1. The highest BCUT2D eigenvalue weighted by Crippen LogP contribution is 2.18. The van der Waals surface area contributed by atoms with E-state index in [1.54, 1.807) is 18.2 Å². The summed E-state index contributed by atoms with van der Waals surface area (Å²) in [5.41, 5.74) is 6.84. The van der Waals surface area contributed by atoms with Crippen molar-refractivity contribution < 1.29 is 9.21 Å². The van der Waals surface area contributed by atoms with E-state index >= 15 is 0 Å². The van der Waals surface area contributed by atoms with Crippen LogP contribution in [-0.4, -0.2) is 13.0 Å². The van der Waals surface area contributed by atoms with Gasteiger partial charge in [-0.2, -0.15) is 0 Å². The van der Waals surface area contributed by atoms with Gasteiger partial charge in [0, 0.05) is 18.2 Å². The zero-order chi connectivity index (χ0) is 17.1. The van der Waals surface area contributed by atoms with Gasteiger partial charge in [0.2, 0.25) is 11.3 Å². The van der Waals surface area contributed by atoms with Crippen LogP contribution in [0.3, 0.4) is 0 Å². The molecular formula is C19H14N2O3. The topological polar surface area (TPSA) is 85.3 Å². The number of nitrogens with two attached hydrogens (primary N) is 1. The molecule has 5 nitrogen and oxygen atoms in total. The lowest BCUT2D eigenvalue weighted by Gasteiger charge is -2.05. The standard InChI is InChI=1S/C19H14N2O3/c1-21-19(23)16-17(22)14-11-13(9-10-15(14)24-18(16)20)8-7-12-5-3-2-4-6-12/h2-6,9-11H,20H2,1H3,(H,21,23). The molecule has 0 spiro atoms. The van der Waals surface area contributed by atoms with Gasteiger partial charge in [-0.3, -0.25) is 9.59 Å². The van der Waals surface area contributed by atoms with Crippen molar-refractivity contribution in [1.29, 1.82) is 0 Å². The Kier molecular flexibility index (Phi) is 4.04. The summed E-state index contributed by atoms with van der Waals surface area (Å²) in [6.07, 6.45) is 0. The van der Waals surface area contributed by atoms with Crippen molar-refractivity contribution in [2.75, 3.05) is 12.8 Å². The van der Waals surface area contributed by atoms with Gasteiger partial charge in [-0.1, -0.05) is 30.0 Å². The molecule has 0 unspecified atom stereocenters. The first-order valence-corrected chi connectivity index (χ1v) is 7.25. The van der Waals surface area contributed by atoms with Crippen LogP contribution in [-0.2, 0) is 0 Å². The maximum atomic E-state index is 12.5. The molecule has 3 aromatic rings. The molecule has 0 atom stereocenters. The summed E-state index contributed by atoms with van der Waals surface area (Å²) in [6.45, 7) is 0. The van der Waals surface area contributed by atoms with E-state index in [9.17, 15) is 9.59 Å². The Balaban J connectivity index is 2.13. The van der Waals surface area contributed by atoms with E-state index in [2.05, 4.69) is 17.2 Å². The summed E-state index contributed by atoms with van der Waals surface area (Å²) >= 11 is 0. The minimum atomic E-state index is -0.580. The number of rotatable bonds is 1. The van der Waals surface area contributed by atoms with Crippen molar-refractivity contribution in [3.05, 3.63) is 75.4 Å². The fourth-order valence-electron chi connectivity index (χ4n) is 2.30. The minimum Gasteiger partial charge on any atom is -0.440 e. The molecule has 3 rings (SSSR count). The molecule has 5 heteroatoms. The number of carbonyl (C=O) groups is 1. The minimum absolute atomic E-state index is 0.196. The maximum absolute atomic E-state index is 12.5. The molecule has 24 heavy (non-hydrogen) atoms. The van der Waals surface area contributed by atoms with Crippen molar-refractivity contribution in [3.63, 3.8) is 0 Å². The molecule has 1 amide bonds. The number of amides is 1. The van der Waals surface area contributed by atoms with Crippen LogP contribution in [0.1, 0.15) is 21.5 Å². The fraction of sp³-hybridized carbons (Fsp3) is 0.0526. The van der Waals surface area contributed by atoms with Crippen molar-refractivity contribution in [2.45, 2.75) is 0 Å². The molecule has 2 aromatic carbocycles. The molecule has 0 aliphatic carbocycles. The Morgan fingerprint density at radius 3 is 2.50 bits per heavy atom. The lowest BCUT2D eigenvalue weighted by Crippen LogP contribution is -2.27. The van der Waals surface area contributed by atoms with Crippen LogP contribution in [0.2, 0.25) is 0 Å².